The molecular weight excluding hydrogens is 444 g/mol. The molecule has 0 saturated carbocycles. The lowest BCUT2D eigenvalue weighted by Gasteiger charge is -2.37. The Bertz CT molecular complexity index is 1140. The van der Waals surface area contributed by atoms with Crippen LogP contribution in [0.2, 0.25) is 5.82 Å². The van der Waals surface area contributed by atoms with Crippen LogP contribution in [0.3, 0.4) is 0 Å². The lowest BCUT2D eigenvalue weighted by atomic mass is 9.76. The summed E-state index contributed by atoms with van der Waals surface area (Å²) in [5.74, 6) is -1.91. The first kappa shape index (κ1) is 23.6. The van der Waals surface area contributed by atoms with Gasteiger partial charge in [0.1, 0.15) is 18.4 Å². The van der Waals surface area contributed by atoms with Crippen LogP contribution in [-0.4, -0.2) is 80.5 Å². The second-order valence-corrected chi connectivity index (χ2v) is 9.11. The Hall–Kier alpha value is -3.10. The van der Waals surface area contributed by atoms with Gasteiger partial charge < -0.3 is 19.2 Å². The number of rotatable bonds is 6. The van der Waals surface area contributed by atoms with Gasteiger partial charge in [-0.15, -0.1) is 0 Å². The Morgan fingerprint density at radius 1 is 0.971 bits per heavy atom. The van der Waals surface area contributed by atoms with Gasteiger partial charge >= 0.3 is 0 Å². The number of imide groups is 1. The van der Waals surface area contributed by atoms with Crippen molar-refractivity contribution in [3.8, 4) is 5.75 Å². The molecule has 5 rings (SSSR count). The van der Waals surface area contributed by atoms with E-state index in [0.29, 0.717) is 28.3 Å². The van der Waals surface area contributed by atoms with E-state index in [1.165, 1.54) is 10.5 Å². The molecule has 2 saturated heterocycles. The number of benzene rings is 2. The van der Waals surface area contributed by atoms with Crippen LogP contribution in [0.1, 0.15) is 33.5 Å². The summed E-state index contributed by atoms with van der Waals surface area (Å²) in [4.78, 5) is 41.9. The molecule has 35 heavy (non-hydrogen) atoms. The summed E-state index contributed by atoms with van der Waals surface area (Å²) in [7, 11) is 11.5. The number of ether oxygens (including phenoxy) is 2. The first-order valence-electron chi connectivity index (χ1n) is 11.7. The molecule has 4 radical (unpaired) electrons. The van der Waals surface area contributed by atoms with E-state index in [9.17, 15) is 14.4 Å². The maximum Gasteiger partial charge on any atom is 0.255 e. The Labute approximate surface area is 207 Å². The fourth-order valence-corrected chi connectivity index (χ4v) is 4.78. The van der Waals surface area contributed by atoms with E-state index < -0.39 is 23.7 Å². The number of carbonyl (C=O) groups is 3. The standard InChI is InChI=1S/C25H25B2N3O5/c26-20-12-21(25(33)30(27)24(20)32)29-14-19-18(23(29)31)2-1-3-22(19)35-15-17-6-4-16(5-7-17)13-28-8-10-34-11-9-28/h1-7,20-21H,8-15H2. The molecule has 2 aromatic rings. The van der Waals surface area contributed by atoms with Gasteiger partial charge in [-0.3, -0.25) is 19.3 Å². The minimum absolute atomic E-state index is 0.0398. The molecule has 2 fully saturated rings. The van der Waals surface area contributed by atoms with E-state index in [1.54, 1.807) is 12.1 Å². The predicted molar refractivity (Wildman–Crippen MR) is 129 cm³/mol. The smallest absolute Gasteiger partial charge is 0.255 e. The molecule has 2 atom stereocenters. The van der Waals surface area contributed by atoms with Crippen molar-refractivity contribution >= 4 is 33.5 Å². The molecule has 10 heteroatoms. The quantitative estimate of drug-likeness (QED) is 0.468. The molecule has 3 aliphatic heterocycles. The maximum atomic E-state index is 13.1. The lowest BCUT2D eigenvalue weighted by molar-refractivity contribution is -0.145. The van der Waals surface area contributed by atoms with Crippen LogP contribution in [0.5, 0.6) is 5.75 Å². The number of hydrogen-bond acceptors (Lipinski definition) is 6. The summed E-state index contributed by atoms with van der Waals surface area (Å²) in [5, 5.41) is 0. The zero-order valence-corrected chi connectivity index (χ0v) is 19.4. The molecule has 0 aliphatic carbocycles. The van der Waals surface area contributed by atoms with Crippen LogP contribution < -0.4 is 4.74 Å². The molecule has 0 N–H and O–H groups in total. The second-order valence-electron chi connectivity index (χ2n) is 9.11. The third kappa shape index (κ3) is 4.73. The van der Waals surface area contributed by atoms with Gasteiger partial charge in [0, 0.05) is 36.6 Å². The molecule has 176 valence electrons. The van der Waals surface area contributed by atoms with Crippen molar-refractivity contribution in [2.75, 3.05) is 26.3 Å². The summed E-state index contributed by atoms with van der Waals surface area (Å²) >= 11 is 0. The normalized spacial score (nSPS) is 23.0. The first-order valence-corrected chi connectivity index (χ1v) is 11.7. The van der Waals surface area contributed by atoms with Gasteiger partial charge in [0.2, 0.25) is 19.8 Å². The Morgan fingerprint density at radius 2 is 1.69 bits per heavy atom. The Kier molecular flexibility index (Phi) is 6.67. The number of amides is 3. The van der Waals surface area contributed by atoms with E-state index in [4.69, 9.17) is 25.3 Å². The summed E-state index contributed by atoms with van der Waals surface area (Å²) in [6, 6.07) is 12.7. The fourth-order valence-electron chi connectivity index (χ4n) is 4.78. The van der Waals surface area contributed by atoms with Crippen LogP contribution in [0.15, 0.2) is 42.5 Å². The number of hydrogen-bond donors (Lipinski definition) is 0. The van der Waals surface area contributed by atoms with Crippen molar-refractivity contribution in [2.24, 2.45) is 0 Å². The average Bonchev–Trinajstić information content (AvgIpc) is 3.22. The molecule has 0 bridgehead atoms. The molecule has 3 aliphatic rings. The van der Waals surface area contributed by atoms with Crippen LogP contribution in [0.4, 0.5) is 0 Å². The second kappa shape index (κ2) is 9.87. The number of morpholine rings is 1. The molecule has 8 nitrogen and oxygen atoms in total. The first-order chi connectivity index (χ1) is 16.9. The lowest BCUT2D eigenvalue weighted by Crippen LogP contribution is -2.55. The van der Waals surface area contributed by atoms with E-state index in [-0.39, 0.29) is 18.9 Å². The van der Waals surface area contributed by atoms with Gasteiger partial charge in [0.25, 0.3) is 5.91 Å². The minimum atomic E-state index is -0.929. The summed E-state index contributed by atoms with van der Waals surface area (Å²) in [6.07, 6.45) is 0.0398. The Morgan fingerprint density at radius 3 is 2.43 bits per heavy atom. The molecule has 2 unspecified atom stereocenters. The Balaban J connectivity index is 1.25. The predicted octanol–water partition coefficient (Wildman–Crippen LogP) is 1.22. The number of fused-ring (bicyclic) bond motifs is 1. The zero-order chi connectivity index (χ0) is 24.5. The number of nitrogens with zero attached hydrogens (tertiary/aromatic N) is 3. The van der Waals surface area contributed by atoms with Crippen molar-refractivity contribution < 1.29 is 23.9 Å². The van der Waals surface area contributed by atoms with Crippen molar-refractivity contribution in [3.05, 3.63) is 64.7 Å². The number of carbonyl (C=O) groups excluding carboxylic acids is 3. The highest BCUT2D eigenvalue weighted by Gasteiger charge is 2.44. The van der Waals surface area contributed by atoms with Crippen molar-refractivity contribution in [2.45, 2.75) is 38.0 Å². The van der Waals surface area contributed by atoms with E-state index in [0.717, 1.165) is 38.4 Å². The average molecular weight is 469 g/mol. The van der Waals surface area contributed by atoms with Gasteiger partial charge in [0.15, 0.2) is 0 Å². The largest absolute Gasteiger partial charge is 0.489 e. The van der Waals surface area contributed by atoms with Gasteiger partial charge in [0.05, 0.1) is 27.6 Å². The molecule has 0 aromatic heterocycles. The van der Waals surface area contributed by atoms with Crippen LogP contribution in [0.25, 0.3) is 0 Å². The molecular formula is C25H25B2N3O5. The van der Waals surface area contributed by atoms with E-state index >= 15 is 0 Å². The highest BCUT2D eigenvalue weighted by Crippen LogP contribution is 2.35. The van der Waals surface area contributed by atoms with Crippen molar-refractivity contribution in [1.82, 2.24) is 14.6 Å². The minimum Gasteiger partial charge on any atom is -0.489 e. The molecule has 0 spiro atoms. The fraction of sp³-hybridized carbons (Fsp3) is 0.400. The molecule has 2 aromatic carbocycles. The van der Waals surface area contributed by atoms with Crippen molar-refractivity contribution in [3.63, 3.8) is 0 Å². The third-order valence-electron chi connectivity index (χ3n) is 6.81. The van der Waals surface area contributed by atoms with Gasteiger partial charge in [-0.2, -0.15) is 0 Å². The topological polar surface area (TPSA) is 79.4 Å². The highest BCUT2D eigenvalue weighted by molar-refractivity contribution is 6.35. The van der Waals surface area contributed by atoms with Gasteiger partial charge in [-0.05, 0) is 29.7 Å². The summed E-state index contributed by atoms with van der Waals surface area (Å²) in [5.41, 5.74) is 3.44. The van der Waals surface area contributed by atoms with Crippen molar-refractivity contribution in [1.29, 1.82) is 0 Å². The molecule has 3 amide bonds. The zero-order valence-electron chi connectivity index (χ0n) is 19.4. The van der Waals surface area contributed by atoms with Crippen LogP contribution >= 0.6 is 0 Å². The monoisotopic (exact) mass is 469 g/mol. The van der Waals surface area contributed by atoms with E-state index in [1.807, 2.05) is 18.2 Å². The van der Waals surface area contributed by atoms with E-state index in [2.05, 4.69) is 17.0 Å². The van der Waals surface area contributed by atoms with Gasteiger partial charge in [-0.1, -0.05) is 30.3 Å². The maximum absolute atomic E-state index is 13.1. The highest BCUT2D eigenvalue weighted by atomic mass is 16.5. The third-order valence-corrected chi connectivity index (χ3v) is 6.81. The summed E-state index contributed by atoms with van der Waals surface area (Å²) < 4.78 is 11.5. The van der Waals surface area contributed by atoms with Crippen LogP contribution in [-0.2, 0) is 34.0 Å². The van der Waals surface area contributed by atoms with Gasteiger partial charge in [-0.25, -0.2) is 0 Å². The molecule has 3 heterocycles. The van der Waals surface area contributed by atoms with Crippen LogP contribution in [0, 0.1) is 0 Å². The number of piperidine rings is 1. The SMILES string of the molecule is [B]C1CC(N2Cc3c(OCc4ccc(CN5CCOCC5)cc4)cccc3C2=O)C(=O)N([B])C1=O. The summed E-state index contributed by atoms with van der Waals surface area (Å²) in [6.45, 7) is 4.86.